The molecule has 4 heterocycles. The molecule has 1 amide bonds. The Hall–Kier alpha value is -4.15. The van der Waals surface area contributed by atoms with Gasteiger partial charge in [-0.25, -0.2) is 15.0 Å². The van der Waals surface area contributed by atoms with Crippen LogP contribution in [0.4, 0.5) is 5.95 Å². The molecule has 2 atom stereocenters. The Morgan fingerprint density at radius 3 is 2.51 bits per heavy atom. The number of likely N-dealkylation sites (tertiary alicyclic amines) is 1. The van der Waals surface area contributed by atoms with Crippen molar-refractivity contribution < 1.29 is 19.5 Å². The summed E-state index contributed by atoms with van der Waals surface area (Å²) in [7, 11) is 1.63. The van der Waals surface area contributed by atoms with Gasteiger partial charge in [-0.2, -0.15) is 0 Å². The van der Waals surface area contributed by atoms with Crippen molar-refractivity contribution in [3.8, 4) is 22.8 Å². The summed E-state index contributed by atoms with van der Waals surface area (Å²) in [6.07, 6.45) is 1.85. The molecule has 5 rings (SSSR count). The summed E-state index contributed by atoms with van der Waals surface area (Å²) in [6.45, 7) is 0.315. The first-order valence-electron chi connectivity index (χ1n) is 11.2. The number of aromatic nitrogens is 4. The second-order valence-electron chi connectivity index (χ2n) is 8.38. The van der Waals surface area contributed by atoms with Crippen molar-refractivity contribution in [1.29, 1.82) is 0 Å². The molecule has 0 bridgehead atoms. The standard InChI is InChI=1S/C25H24N6O4/c1-31-13-11-25(34,23(31)33)22-14-20(30-35-22)18-9-5-8-17(27-18)19-10-12-26-24(28-19)29-21(15-32)16-6-3-2-4-7-16/h2-10,12,14,21,32,34H,11,13,15H2,1H3,(H,26,28,29)/t21-,25-/m1/s1. The van der Waals surface area contributed by atoms with Crippen LogP contribution in [-0.4, -0.2) is 61.3 Å². The molecule has 3 N–H and O–H groups in total. The lowest BCUT2D eigenvalue weighted by Crippen LogP contribution is -2.35. The number of carbonyl (C=O) groups is 1. The number of benzene rings is 1. The molecule has 1 aliphatic heterocycles. The third-order valence-corrected chi connectivity index (χ3v) is 6.04. The Bertz CT molecular complexity index is 1340. The SMILES string of the molecule is CN1CC[C@@](O)(c2cc(-c3cccc(-c4ccnc(N[C@H](CO)c5ccccc5)n4)n3)no2)C1=O. The molecule has 4 aromatic rings. The van der Waals surface area contributed by atoms with Crippen molar-refractivity contribution in [1.82, 2.24) is 25.0 Å². The lowest BCUT2D eigenvalue weighted by Gasteiger charge is -2.17. The zero-order valence-electron chi connectivity index (χ0n) is 19.0. The molecule has 0 saturated carbocycles. The third-order valence-electron chi connectivity index (χ3n) is 6.04. The monoisotopic (exact) mass is 472 g/mol. The summed E-state index contributed by atoms with van der Waals surface area (Å²) in [5.74, 6) is 0.0329. The number of hydrogen-bond acceptors (Lipinski definition) is 9. The maximum absolute atomic E-state index is 12.4. The molecule has 1 aromatic carbocycles. The van der Waals surface area contributed by atoms with Crippen molar-refractivity contribution >= 4 is 11.9 Å². The smallest absolute Gasteiger partial charge is 0.262 e. The Kier molecular flexibility index (Phi) is 5.98. The number of aliphatic hydroxyl groups excluding tert-OH is 1. The van der Waals surface area contributed by atoms with Crippen LogP contribution in [0.25, 0.3) is 22.8 Å². The number of pyridine rings is 1. The van der Waals surface area contributed by atoms with Crippen LogP contribution in [0.2, 0.25) is 0 Å². The molecule has 35 heavy (non-hydrogen) atoms. The molecular weight excluding hydrogens is 448 g/mol. The third kappa shape index (κ3) is 4.36. The fourth-order valence-corrected chi connectivity index (χ4v) is 4.04. The molecule has 1 saturated heterocycles. The molecule has 10 heteroatoms. The van der Waals surface area contributed by atoms with Gasteiger partial charge in [0.15, 0.2) is 5.76 Å². The average molecular weight is 473 g/mol. The van der Waals surface area contributed by atoms with Crippen LogP contribution in [0.5, 0.6) is 0 Å². The highest BCUT2D eigenvalue weighted by Crippen LogP contribution is 2.34. The molecule has 0 unspecified atom stereocenters. The second-order valence-corrected chi connectivity index (χ2v) is 8.38. The minimum absolute atomic E-state index is 0.0959. The van der Waals surface area contributed by atoms with E-state index in [1.165, 1.54) is 4.90 Å². The van der Waals surface area contributed by atoms with Gasteiger partial charge in [0.1, 0.15) is 5.69 Å². The molecule has 0 aliphatic carbocycles. The summed E-state index contributed by atoms with van der Waals surface area (Å²) in [4.78, 5) is 27.3. The number of likely N-dealkylation sites (N-methyl/N-ethyl adjacent to an activating group) is 1. The normalized spacial score (nSPS) is 18.6. The Morgan fingerprint density at radius 2 is 1.80 bits per heavy atom. The average Bonchev–Trinajstić information content (AvgIpc) is 3.50. The van der Waals surface area contributed by atoms with Gasteiger partial charge in [0.25, 0.3) is 5.91 Å². The highest BCUT2D eigenvalue weighted by molar-refractivity contribution is 5.87. The number of rotatable bonds is 7. The zero-order chi connectivity index (χ0) is 24.4. The number of carbonyl (C=O) groups excluding carboxylic acids is 1. The number of hydrogen-bond donors (Lipinski definition) is 3. The fraction of sp³-hybridized carbons (Fsp3) is 0.240. The van der Waals surface area contributed by atoms with E-state index >= 15 is 0 Å². The lowest BCUT2D eigenvalue weighted by molar-refractivity contribution is -0.144. The van der Waals surface area contributed by atoms with E-state index in [4.69, 9.17) is 4.52 Å². The van der Waals surface area contributed by atoms with Gasteiger partial charge in [0.2, 0.25) is 11.5 Å². The molecule has 10 nitrogen and oxygen atoms in total. The van der Waals surface area contributed by atoms with E-state index < -0.39 is 11.5 Å². The quantitative estimate of drug-likeness (QED) is 0.370. The largest absolute Gasteiger partial charge is 0.394 e. The predicted octanol–water partition coefficient (Wildman–Crippen LogP) is 2.39. The molecule has 0 radical (unpaired) electrons. The van der Waals surface area contributed by atoms with Gasteiger partial charge < -0.3 is 25.0 Å². The van der Waals surface area contributed by atoms with Gasteiger partial charge in [0, 0.05) is 32.3 Å². The predicted molar refractivity (Wildman–Crippen MR) is 127 cm³/mol. The van der Waals surface area contributed by atoms with Crippen molar-refractivity contribution in [3.05, 3.63) is 78.2 Å². The van der Waals surface area contributed by atoms with Crippen molar-refractivity contribution in [3.63, 3.8) is 0 Å². The van der Waals surface area contributed by atoms with Gasteiger partial charge in [-0.15, -0.1) is 0 Å². The van der Waals surface area contributed by atoms with Gasteiger partial charge in [-0.1, -0.05) is 41.6 Å². The number of amides is 1. The molecule has 1 aliphatic rings. The Labute approximate surface area is 201 Å². The van der Waals surface area contributed by atoms with Crippen LogP contribution in [0.1, 0.15) is 23.8 Å². The van der Waals surface area contributed by atoms with Crippen LogP contribution in [-0.2, 0) is 10.4 Å². The van der Waals surface area contributed by atoms with Crippen molar-refractivity contribution in [2.45, 2.75) is 18.1 Å². The van der Waals surface area contributed by atoms with Gasteiger partial charge in [0.05, 0.1) is 29.7 Å². The molecule has 178 valence electrons. The highest BCUT2D eigenvalue weighted by atomic mass is 16.5. The van der Waals surface area contributed by atoms with E-state index in [9.17, 15) is 15.0 Å². The van der Waals surface area contributed by atoms with E-state index in [2.05, 4.69) is 25.4 Å². The van der Waals surface area contributed by atoms with E-state index in [0.29, 0.717) is 35.3 Å². The molecule has 1 fully saturated rings. The van der Waals surface area contributed by atoms with E-state index in [0.717, 1.165) is 5.56 Å². The van der Waals surface area contributed by atoms with Crippen molar-refractivity contribution in [2.24, 2.45) is 0 Å². The fourth-order valence-electron chi connectivity index (χ4n) is 4.04. The van der Waals surface area contributed by atoms with E-state index in [1.54, 1.807) is 37.5 Å². The summed E-state index contributed by atoms with van der Waals surface area (Å²) in [6, 6.07) is 17.9. The van der Waals surface area contributed by atoms with Gasteiger partial charge in [-0.3, -0.25) is 4.79 Å². The summed E-state index contributed by atoms with van der Waals surface area (Å²) in [5, 5.41) is 27.8. The molecule has 3 aromatic heterocycles. The van der Waals surface area contributed by atoms with Crippen LogP contribution in [0.15, 0.2) is 71.4 Å². The number of nitrogens with one attached hydrogen (secondary N) is 1. The number of nitrogens with zero attached hydrogens (tertiary/aromatic N) is 5. The van der Waals surface area contributed by atoms with Crippen LogP contribution < -0.4 is 5.32 Å². The Balaban J connectivity index is 1.39. The minimum Gasteiger partial charge on any atom is -0.394 e. The lowest BCUT2D eigenvalue weighted by atomic mass is 9.98. The van der Waals surface area contributed by atoms with Crippen molar-refractivity contribution in [2.75, 3.05) is 25.5 Å². The number of anilines is 1. The maximum Gasteiger partial charge on any atom is 0.262 e. The van der Waals surface area contributed by atoms with Crippen LogP contribution >= 0.6 is 0 Å². The van der Waals surface area contributed by atoms with Gasteiger partial charge >= 0.3 is 0 Å². The maximum atomic E-state index is 12.4. The van der Waals surface area contributed by atoms with E-state index in [1.807, 2.05) is 36.4 Å². The summed E-state index contributed by atoms with van der Waals surface area (Å²) in [5.41, 5.74) is 1.25. The van der Waals surface area contributed by atoms with E-state index in [-0.39, 0.29) is 24.8 Å². The zero-order valence-corrected chi connectivity index (χ0v) is 19.0. The van der Waals surface area contributed by atoms with Gasteiger partial charge in [-0.05, 0) is 23.8 Å². The summed E-state index contributed by atoms with van der Waals surface area (Å²) < 4.78 is 5.34. The Morgan fingerprint density at radius 1 is 1.06 bits per heavy atom. The molecular formula is C25H24N6O4. The minimum atomic E-state index is -1.72. The first-order chi connectivity index (χ1) is 17.0. The van der Waals surface area contributed by atoms with Crippen LogP contribution in [0.3, 0.4) is 0 Å². The first kappa shape index (κ1) is 22.6. The highest BCUT2D eigenvalue weighted by Gasteiger charge is 2.48. The second kappa shape index (κ2) is 9.24. The summed E-state index contributed by atoms with van der Waals surface area (Å²) >= 11 is 0. The number of aliphatic hydroxyl groups is 2. The first-order valence-corrected chi connectivity index (χ1v) is 11.2. The topological polar surface area (TPSA) is 138 Å². The van der Waals surface area contributed by atoms with Crippen LogP contribution in [0, 0.1) is 0 Å². The molecule has 0 spiro atoms.